The highest BCUT2D eigenvalue weighted by molar-refractivity contribution is 7.09. The fraction of sp³-hybridized carbons (Fsp3) is 0.467. The Labute approximate surface area is 121 Å². The number of carboxylic acid groups (broad SMARTS) is 1. The molecular formula is C15H17NO3S. The van der Waals surface area contributed by atoms with Crippen LogP contribution in [0.4, 0.5) is 0 Å². The molecule has 0 radical (unpaired) electrons. The van der Waals surface area contributed by atoms with Gasteiger partial charge in [0.25, 0.3) is 0 Å². The number of carbonyl (C=O) groups is 2. The average Bonchev–Trinajstić information content (AvgIpc) is 3.12. The Morgan fingerprint density at radius 2 is 2.05 bits per heavy atom. The van der Waals surface area contributed by atoms with E-state index in [1.165, 1.54) is 0 Å². The van der Waals surface area contributed by atoms with Gasteiger partial charge in [-0.2, -0.15) is 0 Å². The van der Waals surface area contributed by atoms with E-state index in [9.17, 15) is 14.7 Å². The Hall–Kier alpha value is -1.62. The van der Waals surface area contributed by atoms with Crippen LogP contribution in [0.15, 0.2) is 29.7 Å². The van der Waals surface area contributed by atoms with Crippen molar-refractivity contribution in [3.05, 3.63) is 34.5 Å². The Balaban J connectivity index is 1.76. The third-order valence-corrected chi connectivity index (χ3v) is 5.24. The van der Waals surface area contributed by atoms with E-state index in [1.54, 1.807) is 23.3 Å². The van der Waals surface area contributed by atoms with Crippen LogP contribution in [-0.4, -0.2) is 28.9 Å². The zero-order chi connectivity index (χ0) is 14.3. The third-order valence-electron chi connectivity index (χ3n) is 4.38. The van der Waals surface area contributed by atoms with E-state index in [0.717, 1.165) is 11.3 Å². The lowest BCUT2D eigenvalue weighted by molar-refractivity contribution is -0.150. The zero-order valence-electron chi connectivity index (χ0n) is 11.2. The predicted octanol–water partition coefficient (Wildman–Crippen LogP) is 2.23. The van der Waals surface area contributed by atoms with Gasteiger partial charge in [-0.05, 0) is 29.7 Å². The molecule has 1 saturated carbocycles. The second kappa shape index (κ2) is 5.05. The normalized spacial score (nSPS) is 30.6. The van der Waals surface area contributed by atoms with E-state index in [-0.39, 0.29) is 17.7 Å². The van der Waals surface area contributed by atoms with Crippen LogP contribution in [0.2, 0.25) is 0 Å². The van der Waals surface area contributed by atoms with Gasteiger partial charge in [0.05, 0.1) is 18.4 Å². The quantitative estimate of drug-likeness (QED) is 0.865. The van der Waals surface area contributed by atoms with Gasteiger partial charge in [-0.3, -0.25) is 9.59 Å². The van der Waals surface area contributed by atoms with Crippen LogP contribution in [0, 0.1) is 23.7 Å². The van der Waals surface area contributed by atoms with Crippen LogP contribution in [0.5, 0.6) is 0 Å². The predicted molar refractivity (Wildman–Crippen MR) is 76.1 cm³/mol. The largest absolute Gasteiger partial charge is 0.481 e. The van der Waals surface area contributed by atoms with Crippen LogP contribution >= 0.6 is 11.3 Å². The molecule has 0 spiro atoms. The summed E-state index contributed by atoms with van der Waals surface area (Å²) in [5.74, 6) is -1.70. The van der Waals surface area contributed by atoms with Crippen molar-refractivity contribution in [1.29, 1.82) is 0 Å². The number of nitrogens with zero attached hydrogens (tertiary/aromatic N) is 1. The van der Waals surface area contributed by atoms with Crippen molar-refractivity contribution < 1.29 is 14.7 Å². The summed E-state index contributed by atoms with van der Waals surface area (Å²) in [5, 5.41) is 11.4. The van der Waals surface area contributed by atoms with E-state index in [0.29, 0.717) is 6.54 Å². The van der Waals surface area contributed by atoms with Gasteiger partial charge in [0.1, 0.15) is 0 Å². The number of hydrogen-bond acceptors (Lipinski definition) is 3. The molecule has 106 valence electrons. The lowest BCUT2D eigenvalue weighted by atomic mass is 9.82. The molecule has 0 aliphatic heterocycles. The molecule has 2 aliphatic carbocycles. The second-order valence-corrected chi connectivity index (χ2v) is 6.64. The number of fused-ring (bicyclic) bond motifs is 2. The second-order valence-electron chi connectivity index (χ2n) is 5.61. The van der Waals surface area contributed by atoms with E-state index in [1.807, 2.05) is 29.7 Å². The molecule has 0 aromatic carbocycles. The fourth-order valence-electron chi connectivity index (χ4n) is 3.46. The molecule has 4 unspecified atom stereocenters. The van der Waals surface area contributed by atoms with E-state index in [4.69, 9.17) is 0 Å². The molecule has 5 heteroatoms. The van der Waals surface area contributed by atoms with Gasteiger partial charge in [-0.25, -0.2) is 0 Å². The first kappa shape index (κ1) is 13.4. The number of aliphatic carboxylic acids is 1. The number of carbonyl (C=O) groups excluding carboxylic acids is 1. The minimum atomic E-state index is -0.843. The number of amides is 1. The molecule has 1 amide bonds. The van der Waals surface area contributed by atoms with Crippen molar-refractivity contribution >= 4 is 23.2 Å². The standard InChI is InChI=1S/C15H17NO3S/c1-16(8-11-3-2-6-20-11)14(17)12-9-4-5-10(7-9)13(12)15(18)19/h2-6,9-10,12-13H,7-8H2,1H3,(H,18,19). The smallest absolute Gasteiger partial charge is 0.307 e. The van der Waals surface area contributed by atoms with Crippen LogP contribution in [0.1, 0.15) is 11.3 Å². The molecule has 2 bridgehead atoms. The first-order valence-electron chi connectivity index (χ1n) is 6.76. The monoisotopic (exact) mass is 291 g/mol. The molecule has 2 aliphatic rings. The van der Waals surface area contributed by atoms with Crippen molar-refractivity contribution in [3.63, 3.8) is 0 Å². The molecule has 1 heterocycles. The van der Waals surface area contributed by atoms with Crippen LogP contribution < -0.4 is 0 Å². The van der Waals surface area contributed by atoms with Gasteiger partial charge < -0.3 is 10.0 Å². The minimum absolute atomic E-state index is 0.0292. The molecular weight excluding hydrogens is 274 g/mol. The third kappa shape index (κ3) is 2.16. The maximum Gasteiger partial charge on any atom is 0.307 e. The highest BCUT2D eigenvalue weighted by atomic mass is 32.1. The van der Waals surface area contributed by atoms with Crippen LogP contribution in [-0.2, 0) is 16.1 Å². The minimum Gasteiger partial charge on any atom is -0.481 e. The summed E-state index contributed by atoms with van der Waals surface area (Å²) in [5.41, 5.74) is 0. The lowest BCUT2D eigenvalue weighted by Gasteiger charge is -2.28. The summed E-state index contributed by atoms with van der Waals surface area (Å²) in [4.78, 5) is 26.8. The zero-order valence-corrected chi connectivity index (χ0v) is 12.0. The SMILES string of the molecule is CN(Cc1cccs1)C(=O)C1C2C=CC(C2)C1C(=O)O. The number of rotatable bonds is 4. The van der Waals surface area contributed by atoms with Gasteiger partial charge in [0.2, 0.25) is 5.91 Å². The molecule has 4 atom stereocenters. The van der Waals surface area contributed by atoms with Crippen molar-refractivity contribution in [2.75, 3.05) is 7.05 Å². The number of allylic oxidation sites excluding steroid dienone is 2. The van der Waals surface area contributed by atoms with E-state index >= 15 is 0 Å². The Morgan fingerprint density at radius 1 is 1.35 bits per heavy atom. The van der Waals surface area contributed by atoms with Crippen molar-refractivity contribution in [2.45, 2.75) is 13.0 Å². The highest BCUT2D eigenvalue weighted by Gasteiger charge is 2.52. The van der Waals surface area contributed by atoms with Crippen LogP contribution in [0.3, 0.4) is 0 Å². The molecule has 4 nitrogen and oxygen atoms in total. The first-order chi connectivity index (χ1) is 9.58. The molecule has 1 fully saturated rings. The van der Waals surface area contributed by atoms with Crippen LogP contribution in [0.25, 0.3) is 0 Å². The fourth-order valence-corrected chi connectivity index (χ4v) is 4.22. The summed E-state index contributed by atoms with van der Waals surface area (Å²) < 4.78 is 0. The van der Waals surface area contributed by atoms with Gasteiger partial charge in [0, 0.05) is 11.9 Å². The number of hydrogen-bond donors (Lipinski definition) is 1. The maximum atomic E-state index is 12.6. The number of thiophene rings is 1. The topological polar surface area (TPSA) is 57.6 Å². The molecule has 1 N–H and O–H groups in total. The molecule has 1 aromatic rings. The van der Waals surface area contributed by atoms with Gasteiger partial charge >= 0.3 is 5.97 Å². The number of carboxylic acids is 1. The molecule has 0 saturated heterocycles. The van der Waals surface area contributed by atoms with Gasteiger partial charge in [-0.1, -0.05) is 18.2 Å². The molecule has 1 aromatic heterocycles. The summed E-state index contributed by atoms with van der Waals surface area (Å²) >= 11 is 1.61. The Morgan fingerprint density at radius 3 is 2.65 bits per heavy atom. The summed E-state index contributed by atoms with van der Waals surface area (Å²) in [7, 11) is 1.76. The van der Waals surface area contributed by atoms with E-state index < -0.39 is 17.8 Å². The Kier molecular flexibility index (Phi) is 3.38. The first-order valence-corrected chi connectivity index (χ1v) is 7.64. The summed E-state index contributed by atoms with van der Waals surface area (Å²) in [6, 6.07) is 3.95. The van der Waals surface area contributed by atoms with Crippen molar-refractivity contribution in [1.82, 2.24) is 4.90 Å². The maximum absolute atomic E-state index is 12.6. The van der Waals surface area contributed by atoms with Gasteiger partial charge in [0.15, 0.2) is 0 Å². The Bertz CT molecular complexity index is 551. The van der Waals surface area contributed by atoms with Crippen molar-refractivity contribution in [3.8, 4) is 0 Å². The van der Waals surface area contributed by atoms with E-state index in [2.05, 4.69) is 0 Å². The molecule has 20 heavy (non-hydrogen) atoms. The summed E-state index contributed by atoms with van der Waals surface area (Å²) in [6.45, 7) is 0.556. The van der Waals surface area contributed by atoms with Crippen molar-refractivity contribution in [2.24, 2.45) is 23.7 Å². The molecule has 3 rings (SSSR count). The summed E-state index contributed by atoms with van der Waals surface area (Å²) in [6.07, 6.45) is 4.79. The van der Waals surface area contributed by atoms with Gasteiger partial charge in [-0.15, -0.1) is 11.3 Å². The highest BCUT2D eigenvalue weighted by Crippen LogP contribution is 2.48. The average molecular weight is 291 g/mol. The lowest BCUT2D eigenvalue weighted by Crippen LogP contribution is -2.40.